The lowest BCUT2D eigenvalue weighted by Crippen LogP contribution is -2.55. The molecular weight excluding hydrogens is 280 g/mol. The number of amides is 1. The largest absolute Gasteiger partial charge is 0.394 e. The van der Waals surface area contributed by atoms with Gasteiger partial charge >= 0.3 is 0 Å². The predicted molar refractivity (Wildman–Crippen MR) is 73.2 cm³/mol. The second-order valence-corrected chi connectivity index (χ2v) is 4.51. The molecule has 118 valence electrons. The zero-order valence-corrected chi connectivity index (χ0v) is 11.5. The Bertz CT molecular complexity index is 433. The summed E-state index contributed by atoms with van der Waals surface area (Å²) in [4.78, 5) is 19.0. The predicted octanol–water partition coefficient (Wildman–Crippen LogP) is -2.53. The van der Waals surface area contributed by atoms with Gasteiger partial charge in [-0.15, -0.1) is 0 Å². The molecule has 0 saturated heterocycles. The lowest BCUT2D eigenvalue weighted by molar-refractivity contribution is -0.123. The molecule has 0 aliphatic rings. The van der Waals surface area contributed by atoms with Crippen LogP contribution in [0.1, 0.15) is 6.92 Å². The van der Waals surface area contributed by atoms with Crippen LogP contribution in [0.3, 0.4) is 0 Å². The number of rotatable bonds is 8. The first-order valence-electron chi connectivity index (χ1n) is 6.37. The minimum absolute atomic E-state index is 0.0502. The van der Waals surface area contributed by atoms with E-state index >= 15 is 0 Å². The van der Waals surface area contributed by atoms with E-state index in [1.54, 1.807) is 0 Å². The van der Waals surface area contributed by atoms with Gasteiger partial charge in [-0.25, -0.2) is 4.98 Å². The molecule has 0 radical (unpaired) electrons. The van der Waals surface area contributed by atoms with E-state index < -0.39 is 36.9 Å². The van der Waals surface area contributed by atoms with E-state index in [0.717, 1.165) is 0 Å². The summed E-state index contributed by atoms with van der Waals surface area (Å²) in [5, 5.41) is 43.1. The van der Waals surface area contributed by atoms with Crippen molar-refractivity contribution in [2.75, 3.05) is 18.5 Å². The molecule has 0 fully saturated rings. The number of aliphatic hydroxyl groups is 4. The summed E-state index contributed by atoms with van der Waals surface area (Å²) in [7, 11) is 0. The molecule has 1 heterocycles. The van der Waals surface area contributed by atoms with Crippen molar-refractivity contribution in [3.05, 3.63) is 18.6 Å². The van der Waals surface area contributed by atoms with Gasteiger partial charge in [-0.1, -0.05) is 0 Å². The molecule has 0 unspecified atom stereocenters. The maximum Gasteiger partial charge on any atom is 0.217 e. The van der Waals surface area contributed by atoms with Crippen molar-refractivity contribution in [1.82, 2.24) is 15.3 Å². The Hall–Kier alpha value is -1.81. The van der Waals surface area contributed by atoms with E-state index in [4.69, 9.17) is 5.11 Å². The van der Waals surface area contributed by atoms with Gasteiger partial charge in [0.25, 0.3) is 0 Å². The van der Waals surface area contributed by atoms with Crippen molar-refractivity contribution >= 4 is 11.7 Å². The van der Waals surface area contributed by atoms with Crippen LogP contribution >= 0.6 is 0 Å². The first-order valence-corrected chi connectivity index (χ1v) is 6.37. The number of carbonyl (C=O) groups is 1. The third-order valence-electron chi connectivity index (χ3n) is 2.80. The van der Waals surface area contributed by atoms with Gasteiger partial charge in [0.1, 0.15) is 24.1 Å². The summed E-state index contributed by atoms with van der Waals surface area (Å²) in [5.41, 5.74) is 0. The molecule has 1 aromatic heterocycles. The fraction of sp³-hybridized carbons (Fsp3) is 0.583. The van der Waals surface area contributed by atoms with Crippen molar-refractivity contribution in [2.45, 2.75) is 31.3 Å². The minimum atomic E-state index is -1.60. The number of aliphatic hydroxyl groups excluding tert-OH is 4. The normalized spacial score (nSPS) is 16.6. The van der Waals surface area contributed by atoms with Crippen LogP contribution in [-0.2, 0) is 4.79 Å². The third-order valence-corrected chi connectivity index (χ3v) is 2.80. The molecule has 0 aliphatic heterocycles. The summed E-state index contributed by atoms with van der Waals surface area (Å²) in [6, 6.07) is -0.888. The first kappa shape index (κ1) is 17.2. The highest BCUT2D eigenvalue weighted by Gasteiger charge is 2.31. The number of hydrogen-bond acceptors (Lipinski definition) is 8. The number of aromatic nitrogens is 2. The van der Waals surface area contributed by atoms with Gasteiger partial charge in [0.05, 0.1) is 18.8 Å². The third kappa shape index (κ3) is 5.60. The van der Waals surface area contributed by atoms with E-state index in [1.165, 1.54) is 25.5 Å². The Kier molecular flexibility index (Phi) is 6.96. The molecule has 0 aliphatic carbocycles. The molecule has 1 amide bonds. The van der Waals surface area contributed by atoms with Crippen molar-refractivity contribution in [3.8, 4) is 0 Å². The quantitative estimate of drug-likeness (QED) is 0.308. The Morgan fingerprint density at radius 2 is 2.00 bits per heavy atom. The summed E-state index contributed by atoms with van der Waals surface area (Å²) in [5.74, 6) is 0.0166. The Morgan fingerprint density at radius 1 is 1.29 bits per heavy atom. The number of nitrogens with zero attached hydrogens (tertiary/aromatic N) is 2. The molecule has 0 spiro atoms. The smallest absolute Gasteiger partial charge is 0.217 e. The van der Waals surface area contributed by atoms with Crippen molar-refractivity contribution in [2.24, 2.45) is 0 Å². The molecule has 0 bridgehead atoms. The van der Waals surface area contributed by atoms with Gasteiger partial charge in [-0.05, 0) is 0 Å². The van der Waals surface area contributed by atoms with Gasteiger partial charge in [-0.2, -0.15) is 0 Å². The number of carbonyl (C=O) groups excluding carboxylic acids is 1. The van der Waals surface area contributed by atoms with E-state index in [0.29, 0.717) is 5.82 Å². The van der Waals surface area contributed by atoms with Crippen LogP contribution in [-0.4, -0.2) is 73.8 Å². The van der Waals surface area contributed by atoms with Gasteiger partial charge in [0.2, 0.25) is 5.91 Å². The molecule has 9 nitrogen and oxygen atoms in total. The highest BCUT2D eigenvalue weighted by molar-refractivity contribution is 5.73. The summed E-state index contributed by atoms with van der Waals surface area (Å²) in [6.45, 7) is 0.605. The van der Waals surface area contributed by atoms with Crippen LogP contribution in [0.25, 0.3) is 0 Å². The van der Waals surface area contributed by atoms with Crippen LogP contribution < -0.4 is 10.6 Å². The average molecular weight is 300 g/mol. The number of nitrogens with one attached hydrogen (secondary N) is 2. The number of anilines is 1. The molecule has 6 N–H and O–H groups in total. The van der Waals surface area contributed by atoms with Crippen LogP contribution in [0.4, 0.5) is 5.82 Å². The average Bonchev–Trinajstić information content (AvgIpc) is 2.49. The van der Waals surface area contributed by atoms with E-state index in [1.807, 2.05) is 0 Å². The SMILES string of the molecule is CC(=O)N[C@@H](CNc1cnccn1)[C@@H](O)[C@H](O)[C@H](O)CO. The summed E-state index contributed by atoms with van der Waals surface area (Å²) in [6.07, 6.45) is -0.164. The van der Waals surface area contributed by atoms with Gasteiger partial charge in [-0.3, -0.25) is 9.78 Å². The second-order valence-electron chi connectivity index (χ2n) is 4.51. The molecule has 1 rings (SSSR count). The van der Waals surface area contributed by atoms with E-state index in [-0.39, 0.29) is 6.54 Å². The summed E-state index contributed by atoms with van der Waals surface area (Å²) < 4.78 is 0. The van der Waals surface area contributed by atoms with Crippen LogP contribution in [0.15, 0.2) is 18.6 Å². The fourth-order valence-electron chi connectivity index (χ4n) is 1.70. The zero-order valence-electron chi connectivity index (χ0n) is 11.5. The van der Waals surface area contributed by atoms with Crippen molar-refractivity contribution < 1.29 is 25.2 Å². The molecule has 0 aromatic carbocycles. The van der Waals surface area contributed by atoms with Crippen LogP contribution in [0, 0.1) is 0 Å². The van der Waals surface area contributed by atoms with Crippen LogP contribution in [0.2, 0.25) is 0 Å². The maximum atomic E-state index is 11.2. The molecule has 1 aromatic rings. The van der Waals surface area contributed by atoms with Gasteiger partial charge < -0.3 is 31.1 Å². The molecule has 9 heteroatoms. The standard InChI is InChI=1S/C12H20N4O5/c1-7(18)16-8(11(20)12(21)9(19)6-17)4-15-10-5-13-2-3-14-10/h2-3,5,8-9,11-12,17,19-21H,4,6H2,1H3,(H,14,15)(H,16,18)/t8-,9+,11+,12+/m0/s1. The first-order chi connectivity index (χ1) is 9.95. The molecular formula is C12H20N4O5. The monoisotopic (exact) mass is 300 g/mol. The summed E-state index contributed by atoms with van der Waals surface area (Å²) >= 11 is 0. The highest BCUT2D eigenvalue weighted by Crippen LogP contribution is 2.07. The van der Waals surface area contributed by atoms with Crippen molar-refractivity contribution in [3.63, 3.8) is 0 Å². The molecule has 4 atom stereocenters. The Balaban J connectivity index is 2.68. The van der Waals surface area contributed by atoms with E-state index in [2.05, 4.69) is 20.6 Å². The van der Waals surface area contributed by atoms with Crippen LogP contribution in [0.5, 0.6) is 0 Å². The molecule has 21 heavy (non-hydrogen) atoms. The lowest BCUT2D eigenvalue weighted by Gasteiger charge is -2.29. The highest BCUT2D eigenvalue weighted by atomic mass is 16.4. The zero-order chi connectivity index (χ0) is 15.8. The Labute approximate surface area is 121 Å². The maximum absolute atomic E-state index is 11.2. The second kappa shape index (κ2) is 8.47. The van der Waals surface area contributed by atoms with Gasteiger partial charge in [0, 0.05) is 25.9 Å². The molecule has 0 saturated carbocycles. The number of hydrogen-bond donors (Lipinski definition) is 6. The van der Waals surface area contributed by atoms with E-state index in [9.17, 15) is 20.1 Å². The fourth-order valence-corrected chi connectivity index (χ4v) is 1.70. The van der Waals surface area contributed by atoms with Gasteiger partial charge in [0.15, 0.2) is 0 Å². The lowest BCUT2D eigenvalue weighted by atomic mass is 10.0. The minimum Gasteiger partial charge on any atom is -0.394 e. The van der Waals surface area contributed by atoms with Crippen molar-refractivity contribution in [1.29, 1.82) is 0 Å². The Morgan fingerprint density at radius 3 is 2.52 bits per heavy atom. The topological polar surface area (TPSA) is 148 Å².